The molecule has 1 aromatic heterocycles. The second-order valence-corrected chi connectivity index (χ2v) is 9.08. The molecule has 1 amide bonds. The largest absolute Gasteiger partial charge is 0.346 e. The van der Waals surface area contributed by atoms with Gasteiger partial charge in [-0.1, -0.05) is 85.1 Å². The lowest BCUT2D eigenvalue weighted by atomic mass is 10.2. The summed E-state index contributed by atoms with van der Waals surface area (Å²) in [7, 11) is 0. The van der Waals surface area contributed by atoms with E-state index in [1.807, 2.05) is 35.8 Å². The van der Waals surface area contributed by atoms with Crippen molar-refractivity contribution < 1.29 is 4.79 Å². The van der Waals surface area contributed by atoms with Crippen molar-refractivity contribution in [1.29, 1.82) is 0 Å². The van der Waals surface area contributed by atoms with Crippen LogP contribution in [-0.2, 0) is 10.5 Å². The highest BCUT2D eigenvalue weighted by atomic mass is 35.5. The Balaban J connectivity index is 1.87. The average Bonchev–Trinajstić information content (AvgIpc) is 3.17. The highest BCUT2D eigenvalue weighted by molar-refractivity contribution is 7.98. The lowest BCUT2D eigenvalue weighted by Crippen LogP contribution is -2.28. The Morgan fingerprint density at radius 3 is 2.61 bits per heavy atom. The number of halogens is 2. The number of benzene rings is 2. The molecule has 1 N–H and O–H groups in total. The summed E-state index contributed by atoms with van der Waals surface area (Å²) in [5.74, 6) is 1.38. The molecule has 2 aromatic carbocycles. The molecule has 0 fully saturated rings. The quantitative estimate of drug-likeness (QED) is 0.263. The third kappa shape index (κ3) is 6.48. The monoisotopic (exact) mass is 476 g/mol. The number of unbranched alkanes of at least 4 members (excludes halogenated alkanes) is 2. The Hall–Kier alpha value is -2.02. The summed E-state index contributed by atoms with van der Waals surface area (Å²) >= 11 is 14.2. The summed E-state index contributed by atoms with van der Waals surface area (Å²) in [6.45, 7) is 4.03. The van der Waals surface area contributed by atoms with Gasteiger partial charge in [0.2, 0.25) is 5.91 Å². The zero-order chi connectivity index (χ0) is 22.2. The molecule has 0 aliphatic rings. The van der Waals surface area contributed by atoms with Crippen LogP contribution in [0.3, 0.4) is 0 Å². The minimum absolute atomic E-state index is 0.0104. The molecule has 0 radical (unpaired) electrons. The van der Waals surface area contributed by atoms with Crippen LogP contribution >= 0.6 is 35.0 Å². The predicted molar refractivity (Wildman–Crippen MR) is 128 cm³/mol. The van der Waals surface area contributed by atoms with Crippen molar-refractivity contribution in [2.75, 3.05) is 0 Å². The third-order valence-electron chi connectivity index (χ3n) is 4.79. The van der Waals surface area contributed by atoms with Crippen LogP contribution in [0.5, 0.6) is 0 Å². The van der Waals surface area contributed by atoms with Gasteiger partial charge in [0.25, 0.3) is 0 Å². The van der Waals surface area contributed by atoms with Crippen molar-refractivity contribution in [1.82, 2.24) is 20.1 Å². The van der Waals surface area contributed by atoms with E-state index in [4.69, 9.17) is 23.2 Å². The fraction of sp³-hybridized carbons (Fsp3) is 0.348. The van der Waals surface area contributed by atoms with Crippen molar-refractivity contribution in [3.8, 4) is 5.69 Å². The number of thioether (sulfide) groups is 1. The van der Waals surface area contributed by atoms with Crippen LogP contribution in [0.2, 0.25) is 10.0 Å². The molecule has 3 rings (SSSR count). The maximum atomic E-state index is 12.4. The Morgan fingerprint density at radius 1 is 1.13 bits per heavy atom. The summed E-state index contributed by atoms with van der Waals surface area (Å²) in [5.41, 5.74) is 1.91. The Bertz CT molecular complexity index is 1010. The summed E-state index contributed by atoms with van der Waals surface area (Å²) in [6.07, 6.45) is 3.50. The number of hydrogen-bond acceptors (Lipinski definition) is 4. The fourth-order valence-electron chi connectivity index (χ4n) is 3.18. The molecule has 164 valence electrons. The highest BCUT2D eigenvalue weighted by Gasteiger charge is 2.22. The maximum Gasteiger partial charge on any atom is 0.220 e. The Kier molecular flexibility index (Phi) is 8.81. The van der Waals surface area contributed by atoms with Gasteiger partial charge < -0.3 is 5.32 Å². The van der Waals surface area contributed by atoms with Crippen LogP contribution in [0.15, 0.2) is 53.7 Å². The molecular weight excluding hydrogens is 451 g/mol. The smallest absolute Gasteiger partial charge is 0.220 e. The van der Waals surface area contributed by atoms with Crippen LogP contribution < -0.4 is 5.32 Å². The Morgan fingerprint density at radius 2 is 1.90 bits per heavy atom. The number of nitrogens with one attached hydrogen (secondary N) is 1. The van der Waals surface area contributed by atoms with Gasteiger partial charge in [0.1, 0.15) is 0 Å². The minimum Gasteiger partial charge on any atom is -0.346 e. The van der Waals surface area contributed by atoms with Crippen LogP contribution in [-0.4, -0.2) is 20.7 Å². The van der Waals surface area contributed by atoms with Gasteiger partial charge in [-0.3, -0.25) is 9.36 Å². The van der Waals surface area contributed by atoms with Gasteiger partial charge in [0.05, 0.1) is 16.8 Å². The van der Waals surface area contributed by atoms with Gasteiger partial charge in [-0.25, -0.2) is 0 Å². The van der Waals surface area contributed by atoms with E-state index in [-0.39, 0.29) is 11.9 Å². The summed E-state index contributed by atoms with van der Waals surface area (Å²) < 4.78 is 1.91. The average molecular weight is 477 g/mol. The number of amides is 1. The van der Waals surface area contributed by atoms with Gasteiger partial charge in [-0.05, 0) is 37.1 Å². The first-order chi connectivity index (χ1) is 15.0. The second-order valence-electron chi connectivity index (χ2n) is 7.29. The van der Waals surface area contributed by atoms with E-state index in [1.165, 1.54) is 5.56 Å². The van der Waals surface area contributed by atoms with Gasteiger partial charge in [-0.15, -0.1) is 10.2 Å². The zero-order valence-corrected chi connectivity index (χ0v) is 20.0. The topological polar surface area (TPSA) is 59.8 Å². The summed E-state index contributed by atoms with van der Waals surface area (Å²) in [5, 5.41) is 13.6. The Labute approximate surface area is 197 Å². The normalized spacial score (nSPS) is 12.0. The first kappa shape index (κ1) is 23.6. The number of hydrogen-bond donors (Lipinski definition) is 1. The van der Waals surface area contributed by atoms with Gasteiger partial charge in [-0.2, -0.15) is 0 Å². The van der Waals surface area contributed by atoms with E-state index in [1.54, 1.807) is 23.9 Å². The number of aromatic nitrogens is 3. The molecule has 0 saturated heterocycles. The van der Waals surface area contributed by atoms with E-state index in [0.717, 1.165) is 30.7 Å². The lowest BCUT2D eigenvalue weighted by Gasteiger charge is -2.17. The lowest BCUT2D eigenvalue weighted by molar-refractivity contribution is -0.121. The van der Waals surface area contributed by atoms with E-state index in [9.17, 15) is 4.79 Å². The van der Waals surface area contributed by atoms with E-state index in [2.05, 4.69) is 34.6 Å². The van der Waals surface area contributed by atoms with Gasteiger partial charge in [0, 0.05) is 17.2 Å². The third-order valence-corrected chi connectivity index (χ3v) is 6.33. The first-order valence-corrected chi connectivity index (χ1v) is 12.1. The molecule has 31 heavy (non-hydrogen) atoms. The molecule has 8 heteroatoms. The first-order valence-electron chi connectivity index (χ1n) is 10.4. The van der Waals surface area contributed by atoms with Crippen LogP contribution in [0.1, 0.15) is 57.0 Å². The standard InChI is InChI=1S/C23H26Cl2N4OS/c1-3-4-6-11-21(30)26-16(2)22-27-28-23(31-15-17-9-7-5-8-10-17)29(22)20-13-12-18(24)14-19(20)25/h5,7-10,12-14,16H,3-4,6,11,15H2,1-2H3,(H,26,30). The van der Waals surface area contributed by atoms with E-state index < -0.39 is 0 Å². The minimum atomic E-state index is -0.320. The van der Waals surface area contributed by atoms with Crippen molar-refractivity contribution in [2.24, 2.45) is 0 Å². The molecule has 0 aliphatic heterocycles. The summed E-state index contributed by atoms with van der Waals surface area (Å²) in [4.78, 5) is 12.4. The van der Waals surface area contributed by atoms with Crippen molar-refractivity contribution in [3.05, 3.63) is 70.0 Å². The SMILES string of the molecule is CCCCCC(=O)NC(C)c1nnc(SCc2ccccc2)n1-c1ccc(Cl)cc1Cl. The molecule has 1 unspecified atom stereocenters. The molecular formula is C23H26Cl2N4OS. The number of nitrogens with zero attached hydrogens (tertiary/aromatic N) is 3. The van der Waals surface area contributed by atoms with Crippen LogP contribution in [0.25, 0.3) is 5.69 Å². The molecule has 1 atom stereocenters. The predicted octanol–water partition coefficient (Wildman–Crippen LogP) is 6.62. The van der Waals surface area contributed by atoms with Crippen LogP contribution in [0.4, 0.5) is 0 Å². The van der Waals surface area contributed by atoms with Crippen molar-refractivity contribution in [2.45, 2.75) is 56.5 Å². The maximum absolute atomic E-state index is 12.4. The molecule has 0 bridgehead atoms. The fourth-order valence-corrected chi connectivity index (χ4v) is 4.58. The molecule has 0 saturated carbocycles. The van der Waals surface area contributed by atoms with Gasteiger partial charge >= 0.3 is 0 Å². The van der Waals surface area contributed by atoms with Crippen molar-refractivity contribution in [3.63, 3.8) is 0 Å². The molecule has 0 spiro atoms. The molecule has 0 aliphatic carbocycles. The number of carbonyl (C=O) groups is 1. The van der Waals surface area contributed by atoms with E-state index >= 15 is 0 Å². The van der Waals surface area contributed by atoms with Gasteiger partial charge in [0.15, 0.2) is 11.0 Å². The zero-order valence-electron chi connectivity index (χ0n) is 17.6. The molecule has 5 nitrogen and oxygen atoms in total. The van der Waals surface area contributed by atoms with E-state index in [0.29, 0.717) is 27.4 Å². The second kappa shape index (κ2) is 11.6. The molecule has 1 heterocycles. The number of rotatable bonds is 10. The van der Waals surface area contributed by atoms with Crippen molar-refractivity contribution >= 4 is 40.9 Å². The molecule has 3 aromatic rings. The van der Waals surface area contributed by atoms with Crippen LogP contribution in [0, 0.1) is 0 Å². The number of carbonyl (C=O) groups excluding carboxylic acids is 1. The summed E-state index contributed by atoms with van der Waals surface area (Å²) in [6, 6.07) is 15.2. The highest BCUT2D eigenvalue weighted by Crippen LogP contribution is 2.32.